The normalized spacial score (nSPS) is 12.3. The number of imidazole rings is 1. The van der Waals surface area contributed by atoms with Gasteiger partial charge in [0.05, 0.1) is 0 Å². The van der Waals surface area contributed by atoms with Crippen molar-refractivity contribution in [2.75, 3.05) is 0 Å². The number of nitrogens with zero attached hydrogens (tertiary/aromatic N) is 2. The average Bonchev–Trinajstić information content (AvgIpc) is 2.83. The smallest absolute Gasteiger partial charge is 0.326 e. The zero-order chi connectivity index (χ0) is 14.7. The topological polar surface area (TPSA) is 83.7 Å². The monoisotopic (exact) mass is 275 g/mol. The Hall–Kier alpha value is -2.37. The van der Waals surface area contributed by atoms with Crippen LogP contribution in [0.1, 0.15) is 35.9 Å². The van der Waals surface area contributed by atoms with Crippen LogP contribution in [0.2, 0.25) is 0 Å². The highest BCUT2D eigenvalue weighted by atomic mass is 16.4. The summed E-state index contributed by atoms with van der Waals surface area (Å²) in [7, 11) is 0. The van der Waals surface area contributed by atoms with E-state index in [0.29, 0.717) is 18.5 Å². The second kappa shape index (κ2) is 5.73. The van der Waals surface area contributed by atoms with Crippen LogP contribution in [0.4, 0.5) is 0 Å². The predicted octanol–water partition coefficient (Wildman–Crippen LogP) is 1.63. The van der Waals surface area contributed by atoms with E-state index < -0.39 is 17.9 Å². The van der Waals surface area contributed by atoms with E-state index >= 15 is 0 Å². The first-order valence-electron chi connectivity index (χ1n) is 6.51. The van der Waals surface area contributed by atoms with Gasteiger partial charge in [0.1, 0.15) is 17.4 Å². The number of hydrogen-bond acceptors (Lipinski definition) is 3. The molecule has 6 heteroatoms. The standard InChI is InChI=1S/C14H17N3O3/c1-3-5-10(14(19)20)16-13(18)11-8-17-9(2)6-4-7-12(17)15-11/h4,6-8,10H,3,5H2,1-2H3,(H,16,18)(H,19,20)/t10-/m1/s1. The third kappa shape index (κ3) is 2.79. The van der Waals surface area contributed by atoms with E-state index in [9.17, 15) is 9.59 Å². The van der Waals surface area contributed by atoms with E-state index in [1.165, 1.54) is 0 Å². The van der Waals surface area contributed by atoms with Gasteiger partial charge in [0.25, 0.3) is 5.91 Å². The van der Waals surface area contributed by atoms with Gasteiger partial charge in [-0.15, -0.1) is 0 Å². The van der Waals surface area contributed by atoms with Crippen LogP contribution in [0, 0.1) is 6.92 Å². The van der Waals surface area contributed by atoms with Crippen LogP contribution in [-0.4, -0.2) is 32.4 Å². The molecule has 2 N–H and O–H groups in total. The minimum atomic E-state index is -1.03. The molecule has 0 fully saturated rings. The van der Waals surface area contributed by atoms with Gasteiger partial charge in [-0.2, -0.15) is 0 Å². The van der Waals surface area contributed by atoms with E-state index in [-0.39, 0.29) is 5.69 Å². The molecule has 0 saturated heterocycles. The molecule has 1 amide bonds. The number of nitrogens with one attached hydrogen (secondary N) is 1. The summed E-state index contributed by atoms with van der Waals surface area (Å²) < 4.78 is 1.80. The van der Waals surface area contributed by atoms with Crippen LogP contribution < -0.4 is 5.32 Å². The molecule has 6 nitrogen and oxygen atoms in total. The lowest BCUT2D eigenvalue weighted by molar-refractivity contribution is -0.139. The Bertz CT molecular complexity index is 648. The van der Waals surface area contributed by atoms with Crippen molar-refractivity contribution in [2.24, 2.45) is 0 Å². The molecule has 0 unspecified atom stereocenters. The summed E-state index contributed by atoms with van der Waals surface area (Å²) in [6, 6.07) is 4.69. The van der Waals surface area contributed by atoms with E-state index in [1.54, 1.807) is 16.7 Å². The number of aromatic nitrogens is 2. The van der Waals surface area contributed by atoms with Gasteiger partial charge < -0.3 is 14.8 Å². The van der Waals surface area contributed by atoms with Gasteiger partial charge in [-0.1, -0.05) is 19.4 Å². The molecule has 0 aliphatic carbocycles. The number of carbonyl (C=O) groups is 2. The lowest BCUT2D eigenvalue weighted by Crippen LogP contribution is -2.40. The summed E-state index contributed by atoms with van der Waals surface area (Å²) >= 11 is 0. The number of hydrogen-bond donors (Lipinski definition) is 2. The molecule has 0 spiro atoms. The highest BCUT2D eigenvalue weighted by molar-refractivity contribution is 5.95. The number of pyridine rings is 1. The second-order valence-electron chi connectivity index (χ2n) is 4.67. The molecule has 0 aliphatic rings. The Labute approximate surface area is 116 Å². The molecule has 0 radical (unpaired) electrons. The third-order valence-electron chi connectivity index (χ3n) is 3.11. The minimum Gasteiger partial charge on any atom is -0.480 e. The maximum Gasteiger partial charge on any atom is 0.326 e. The number of aryl methyl sites for hydroxylation is 1. The zero-order valence-corrected chi connectivity index (χ0v) is 11.5. The summed E-state index contributed by atoms with van der Waals surface area (Å²) in [6.45, 7) is 3.78. The number of rotatable bonds is 5. The Morgan fingerprint density at radius 1 is 1.45 bits per heavy atom. The molecule has 0 saturated carbocycles. The Morgan fingerprint density at radius 2 is 2.20 bits per heavy atom. The van der Waals surface area contributed by atoms with Gasteiger partial charge >= 0.3 is 5.97 Å². The first-order valence-corrected chi connectivity index (χ1v) is 6.51. The highest BCUT2D eigenvalue weighted by Crippen LogP contribution is 2.09. The summed E-state index contributed by atoms with van der Waals surface area (Å²) in [5, 5.41) is 11.5. The van der Waals surface area contributed by atoms with Crippen molar-refractivity contribution in [3.63, 3.8) is 0 Å². The molecule has 2 aromatic rings. The fraction of sp³-hybridized carbons (Fsp3) is 0.357. The number of amides is 1. The summed E-state index contributed by atoms with van der Waals surface area (Å²) in [4.78, 5) is 27.3. The van der Waals surface area contributed by atoms with Gasteiger partial charge in [-0.3, -0.25) is 4.79 Å². The van der Waals surface area contributed by atoms with Crippen molar-refractivity contribution < 1.29 is 14.7 Å². The summed E-state index contributed by atoms with van der Waals surface area (Å²) in [6.07, 6.45) is 2.69. The van der Waals surface area contributed by atoms with Crippen LogP contribution in [0.5, 0.6) is 0 Å². The SMILES string of the molecule is CCC[C@@H](NC(=O)c1cn2c(C)cccc2n1)C(=O)O. The molecule has 20 heavy (non-hydrogen) atoms. The van der Waals surface area contributed by atoms with Crippen molar-refractivity contribution in [3.05, 3.63) is 35.8 Å². The lowest BCUT2D eigenvalue weighted by atomic mass is 10.1. The van der Waals surface area contributed by atoms with Gasteiger partial charge in [0, 0.05) is 11.9 Å². The van der Waals surface area contributed by atoms with Crippen LogP contribution in [0.25, 0.3) is 5.65 Å². The van der Waals surface area contributed by atoms with Crippen LogP contribution in [-0.2, 0) is 4.79 Å². The second-order valence-corrected chi connectivity index (χ2v) is 4.67. The van der Waals surface area contributed by atoms with E-state index in [4.69, 9.17) is 5.11 Å². The maximum atomic E-state index is 12.1. The largest absolute Gasteiger partial charge is 0.480 e. The molecular formula is C14H17N3O3. The molecule has 106 valence electrons. The van der Waals surface area contributed by atoms with Crippen molar-refractivity contribution >= 4 is 17.5 Å². The fourth-order valence-corrected chi connectivity index (χ4v) is 2.04. The molecule has 2 rings (SSSR count). The first-order chi connectivity index (χ1) is 9.52. The summed E-state index contributed by atoms with van der Waals surface area (Å²) in [5.74, 6) is -1.49. The maximum absolute atomic E-state index is 12.1. The van der Waals surface area contributed by atoms with Crippen LogP contribution in [0.3, 0.4) is 0 Å². The number of carboxylic acids is 1. The van der Waals surface area contributed by atoms with E-state index in [1.807, 2.05) is 26.0 Å². The quantitative estimate of drug-likeness (QED) is 0.868. The molecule has 0 aromatic carbocycles. The fourth-order valence-electron chi connectivity index (χ4n) is 2.04. The molecular weight excluding hydrogens is 258 g/mol. The number of fused-ring (bicyclic) bond motifs is 1. The molecule has 1 atom stereocenters. The predicted molar refractivity (Wildman–Crippen MR) is 73.7 cm³/mol. The molecule has 2 heterocycles. The zero-order valence-electron chi connectivity index (χ0n) is 11.5. The van der Waals surface area contributed by atoms with Crippen LogP contribution in [0.15, 0.2) is 24.4 Å². The first kappa shape index (κ1) is 14.0. The van der Waals surface area contributed by atoms with Crippen molar-refractivity contribution in [3.8, 4) is 0 Å². The minimum absolute atomic E-state index is 0.224. The number of carbonyl (C=O) groups excluding carboxylic acids is 1. The Morgan fingerprint density at radius 3 is 2.80 bits per heavy atom. The average molecular weight is 275 g/mol. The van der Waals surface area contributed by atoms with Gasteiger partial charge in [0.2, 0.25) is 0 Å². The molecule has 0 aliphatic heterocycles. The van der Waals surface area contributed by atoms with Gasteiger partial charge in [0.15, 0.2) is 0 Å². The van der Waals surface area contributed by atoms with Crippen LogP contribution >= 0.6 is 0 Å². The van der Waals surface area contributed by atoms with Crippen molar-refractivity contribution in [2.45, 2.75) is 32.7 Å². The highest BCUT2D eigenvalue weighted by Gasteiger charge is 2.21. The van der Waals surface area contributed by atoms with Crippen molar-refractivity contribution in [1.29, 1.82) is 0 Å². The van der Waals surface area contributed by atoms with E-state index in [2.05, 4.69) is 10.3 Å². The summed E-state index contributed by atoms with van der Waals surface area (Å²) in [5.41, 5.74) is 1.84. The molecule has 2 aromatic heterocycles. The van der Waals surface area contributed by atoms with Crippen molar-refractivity contribution in [1.82, 2.24) is 14.7 Å². The number of aliphatic carboxylic acids is 1. The Kier molecular flexibility index (Phi) is 4.02. The third-order valence-corrected chi connectivity index (χ3v) is 3.11. The molecule has 0 bridgehead atoms. The van der Waals surface area contributed by atoms with Gasteiger partial charge in [-0.05, 0) is 25.5 Å². The van der Waals surface area contributed by atoms with E-state index in [0.717, 1.165) is 5.69 Å². The lowest BCUT2D eigenvalue weighted by Gasteiger charge is -2.12. The Balaban J connectivity index is 2.22. The number of carboxylic acid groups (broad SMARTS) is 1. The van der Waals surface area contributed by atoms with Gasteiger partial charge in [-0.25, -0.2) is 9.78 Å².